The number of pyridine rings is 1. The summed E-state index contributed by atoms with van der Waals surface area (Å²) in [4.78, 5) is 17.8. The van der Waals surface area contributed by atoms with Crippen LogP contribution in [0.25, 0.3) is 0 Å². The molecule has 0 unspecified atom stereocenters. The number of rotatable bonds is 3. The van der Waals surface area contributed by atoms with Crippen molar-refractivity contribution in [2.75, 3.05) is 13.6 Å². The van der Waals surface area contributed by atoms with Crippen molar-refractivity contribution in [2.45, 2.75) is 25.7 Å². The van der Waals surface area contributed by atoms with Crippen molar-refractivity contribution >= 4 is 5.91 Å². The normalized spacial score (nSPS) is 15.3. The summed E-state index contributed by atoms with van der Waals surface area (Å²) in [6, 6.07) is 5.19. The van der Waals surface area contributed by atoms with E-state index in [1.54, 1.807) is 17.0 Å². The Balaban J connectivity index is 1.98. The molecule has 18 heavy (non-hydrogen) atoms. The van der Waals surface area contributed by atoms with E-state index in [9.17, 15) is 4.79 Å². The van der Waals surface area contributed by atoms with E-state index in [0.717, 1.165) is 6.54 Å². The molecular formula is C14H17N3O. The molecule has 0 aliphatic heterocycles. The molecule has 1 aromatic rings. The maximum absolute atomic E-state index is 12.1. The summed E-state index contributed by atoms with van der Waals surface area (Å²) in [5.41, 5.74) is 0.888. The molecule has 1 aliphatic carbocycles. The van der Waals surface area contributed by atoms with Gasteiger partial charge in [-0.1, -0.05) is 12.8 Å². The number of carbonyl (C=O) groups is 1. The van der Waals surface area contributed by atoms with E-state index in [2.05, 4.69) is 4.98 Å². The van der Waals surface area contributed by atoms with Gasteiger partial charge in [0, 0.05) is 19.8 Å². The van der Waals surface area contributed by atoms with Gasteiger partial charge in [0.25, 0.3) is 5.91 Å². The molecule has 0 aromatic carbocycles. The second-order valence-electron chi connectivity index (χ2n) is 4.88. The van der Waals surface area contributed by atoms with Crippen LogP contribution in [0.2, 0.25) is 0 Å². The van der Waals surface area contributed by atoms with Gasteiger partial charge in [-0.25, -0.2) is 4.98 Å². The van der Waals surface area contributed by atoms with Gasteiger partial charge in [-0.2, -0.15) is 5.26 Å². The summed E-state index contributed by atoms with van der Waals surface area (Å²) < 4.78 is 0. The highest BCUT2D eigenvalue weighted by molar-refractivity contribution is 5.93. The van der Waals surface area contributed by atoms with Gasteiger partial charge in [0.15, 0.2) is 0 Å². The van der Waals surface area contributed by atoms with Gasteiger partial charge in [-0.05, 0) is 30.9 Å². The molecule has 0 N–H and O–H groups in total. The maximum Gasteiger partial charge on any atom is 0.255 e. The van der Waals surface area contributed by atoms with E-state index in [-0.39, 0.29) is 5.91 Å². The highest BCUT2D eigenvalue weighted by Gasteiger charge is 2.20. The monoisotopic (exact) mass is 243 g/mol. The first-order chi connectivity index (χ1) is 8.70. The third kappa shape index (κ3) is 2.86. The standard InChI is InChI=1S/C14H17N3O/c1-17(10-11-4-2-3-5-11)14(18)12-6-7-13(8-15)16-9-12/h6-7,9,11H,2-5,10H2,1H3. The summed E-state index contributed by atoms with van der Waals surface area (Å²) in [5, 5.41) is 8.66. The Morgan fingerprint density at radius 2 is 2.22 bits per heavy atom. The fourth-order valence-electron chi connectivity index (χ4n) is 2.47. The Labute approximate surface area is 107 Å². The predicted octanol–water partition coefficient (Wildman–Crippen LogP) is 2.22. The van der Waals surface area contributed by atoms with Crippen LogP contribution in [0.1, 0.15) is 41.7 Å². The topological polar surface area (TPSA) is 57.0 Å². The van der Waals surface area contributed by atoms with Crippen molar-refractivity contribution < 1.29 is 4.79 Å². The van der Waals surface area contributed by atoms with Gasteiger partial charge < -0.3 is 4.90 Å². The van der Waals surface area contributed by atoms with Gasteiger partial charge >= 0.3 is 0 Å². The first-order valence-electron chi connectivity index (χ1n) is 6.32. The second kappa shape index (κ2) is 5.63. The summed E-state index contributed by atoms with van der Waals surface area (Å²) in [5.74, 6) is 0.629. The molecule has 0 saturated heterocycles. The smallest absolute Gasteiger partial charge is 0.255 e. The number of amides is 1. The minimum atomic E-state index is -0.0149. The van der Waals surface area contributed by atoms with Crippen LogP contribution in [0.3, 0.4) is 0 Å². The highest BCUT2D eigenvalue weighted by atomic mass is 16.2. The van der Waals surface area contributed by atoms with Gasteiger partial charge in [-0.15, -0.1) is 0 Å². The molecule has 1 saturated carbocycles. The van der Waals surface area contributed by atoms with Crippen molar-refractivity contribution in [3.63, 3.8) is 0 Å². The lowest BCUT2D eigenvalue weighted by molar-refractivity contribution is 0.0773. The Morgan fingerprint density at radius 1 is 1.50 bits per heavy atom. The van der Waals surface area contributed by atoms with Crippen LogP contribution in [-0.4, -0.2) is 29.4 Å². The van der Waals surface area contributed by atoms with Crippen molar-refractivity contribution in [1.29, 1.82) is 5.26 Å². The number of hydrogen-bond acceptors (Lipinski definition) is 3. The minimum Gasteiger partial charge on any atom is -0.341 e. The molecule has 1 aromatic heterocycles. The Kier molecular flexibility index (Phi) is 3.93. The van der Waals surface area contributed by atoms with Crippen molar-refractivity contribution in [3.8, 4) is 6.07 Å². The first kappa shape index (κ1) is 12.6. The van der Waals surface area contributed by atoms with Crippen LogP contribution < -0.4 is 0 Å². The van der Waals surface area contributed by atoms with E-state index >= 15 is 0 Å². The average molecular weight is 243 g/mol. The zero-order chi connectivity index (χ0) is 13.0. The summed E-state index contributed by atoms with van der Waals surface area (Å²) in [6.45, 7) is 0.818. The molecule has 4 nitrogen and oxygen atoms in total. The number of hydrogen-bond donors (Lipinski definition) is 0. The Bertz CT molecular complexity index is 455. The van der Waals surface area contributed by atoms with Crippen LogP contribution in [-0.2, 0) is 0 Å². The van der Waals surface area contributed by atoms with Crippen LogP contribution in [0.5, 0.6) is 0 Å². The molecule has 1 fully saturated rings. The Hall–Kier alpha value is -1.89. The second-order valence-corrected chi connectivity index (χ2v) is 4.88. The fraction of sp³-hybridized carbons (Fsp3) is 0.500. The van der Waals surface area contributed by atoms with Crippen molar-refractivity contribution in [3.05, 3.63) is 29.6 Å². The first-order valence-corrected chi connectivity index (χ1v) is 6.32. The third-order valence-electron chi connectivity index (χ3n) is 3.48. The molecule has 0 atom stereocenters. The molecule has 1 aliphatic rings. The highest BCUT2D eigenvalue weighted by Crippen LogP contribution is 2.25. The zero-order valence-electron chi connectivity index (χ0n) is 10.6. The van der Waals surface area contributed by atoms with Gasteiger partial charge in [-0.3, -0.25) is 4.79 Å². The molecule has 4 heteroatoms. The van der Waals surface area contributed by atoms with Gasteiger partial charge in [0.2, 0.25) is 0 Å². The summed E-state index contributed by atoms with van der Waals surface area (Å²) >= 11 is 0. The van der Waals surface area contributed by atoms with Crippen LogP contribution in [0.15, 0.2) is 18.3 Å². The lowest BCUT2D eigenvalue weighted by atomic mass is 10.1. The van der Waals surface area contributed by atoms with Crippen LogP contribution >= 0.6 is 0 Å². The molecule has 0 spiro atoms. The summed E-state index contributed by atoms with van der Waals surface area (Å²) in [6.07, 6.45) is 6.49. The summed E-state index contributed by atoms with van der Waals surface area (Å²) in [7, 11) is 1.83. The Morgan fingerprint density at radius 3 is 2.78 bits per heavy atom. The predicted molar refractivity (Wildman–Crippen MR) is 67.9 cm³/mol. The van der Waals surface area contributed by atoms with Gasteiger partial charge in [0.05, 0.1) is 5.56 Å². The van der Waals surface area contributed by atoms with Crippen molar-refractivity contribution in [2.24, 2.45) is 5.92 Å². The number of nitriles is 1. The van der Waals surface area contributed by atoms with E-state index in [1.165, 1.54) is 31.9 Å². The molecule has 94 valence electrons. The molecule has 0 radical (unpaired) electrons. The van der Waals surface area contributed by atoms with E-state index in [1.807, 2.05) is 13.1 Å². The minimum absolute atomic E-state index is 0.0149. The SMILES string of the molecule is CN(CC1CCCC1)C(=O)c1ccc(C#N)nc1. The number of aromatic nitrogens is 1. The largest absolute Gasteiger partial charge is 0.341 e. The zero-order valence-corrected chi connectivity index (χ0v) is 10.6. The van der Waals surface area contributed by atoms with E-state index < -0.39 is 0 Å². The molecule has 2 rings (SSSR count). The quantitative estimate of drug-likeness (QED) is 0.817. The molecule has 1 heterocycles. The van der Waals surface area contributed by atoms with Crippen LogP contribution in [0, 0.1) is 17.2 Å². The molecular weight excluding hydrogens is 226 g/mol. The number of nitrogens with zero attached hydrogens (tertiary/aromatic N) is 3. The lowest BCUT2D eigenvalue weighted by Gasteiger charge is -2.20. The maximum atomic E-state index is 12.1. The van der Waals surface area contributed by atoms with Gasteiger partial charge in [0.1, 0.15) is 11.8 Å². The third-order valence-corrected chi connectivity index (χ3v) is 3.48. The van der Waals surface area contributed by atoms with E-state index in [0.29, 0.717) is 17.2 Å². The molecule has 0 bridgehead atoms. The average Bonchev–Trinajstić information content (AvgIpc) is 2.91. The lowest BCUT2D eigenvalue weighted by Crippen LogP contribution is -2.31. The van der Waals surface area contributed by atoms with E-state index in [4.69, 9.17) is 5.26 Å². The fourth-order valence-corrected chi connectivity index (χ4v) is 2.47. The van der Waals surface area contributed by atoms with Crippen LogP contribution in [0.4, 0.5) is 0 Å². The van der Waals surface area contributed by atoms with Crippen molar-refractivity contribution in [1.82, 2.24) is 9.88 Å². The number of carbonyl (C=O) groups excluding carboxylic acids is 1. The molecule has 1 amide bonds.